The van der Waals surface area contributed by atoms with Crippen molar-refractivity contribution in [2.45, 2.75) is 12.6 Å². The summed E-state index contributed by atoms with van der Waals surface area (Å²) in [5.74, 6) is -3.33. The van der Waals surface area contributed by atoms with Crippen LogP contribution in [0.1, 0.15) is 6.42 Å². The molecule has 4 nitrogen and oxygen atoms in total. The number of carbonyl (C=O) groups excluding carboxylic acids is 2. The van der Waals surface area contributed by atoms with Crippen molar-refractivity contribution in [1.29, 1.82) is 0 Å². The number of ketones is 1. The Morgan fingerprint density at radius 3 is 2.07 bits per heavy atom. The summed E-state index contributed by atoms with van der Waals surface area (Å²) in [7, 11) is 2.13. The molecule has 0 aromatic heterocycles. The van der Waals surface area contributed by atoms with Gasteiger partial charge in [-0.05, 0) is 6.08 Å². The molecule has 0 bridgehead atoms. The number of methoxy groups -OCH3 is 2. The molecule has 0 radical (unpaired) electrons. The smallest absolute Gasteiger partial charge is 0.450 e. The van der Waals surface area contributed by atoms with Gasteiger partial charge in [-0.15, -0.1) is 0 Å². The zero-order chi connectivity index (χ0) is 12.1. The first-order valence-corrected chi connectivity index (χ1v) is 3.75. The third kappa shape index (κ3) is 4.48. The first kappa shape index (κ1) is 13.5. The first-order valence-electron chi connectivity index (χ1n) is 3.75. The predicted octanol–water partition coefficient (Wildman–Crippen LogP) is 1.21. The van der Waals surface area contributed by atoms with Crippen LogP contribution in [-0.2, 0) is 19.1 Å². The van der Waals surface area contributed by atoms with Gasteiger partial charge in [0.15, 0.2) is 0 Å². The number of halogens is 3. The van der Waals surface area contributed by atoms with Gasteiger partial charge in [0.2, 0.25) is 11.5 Å². The van der Waals surface area contributed by atoms with Gasteiger partial charge in [-0.1, -0.05) is 0 Å². The quantitative estimate of drug-likeness (QED) is 0.410. The molecule has 15 heavy (non-hydrogen) atoms. The number of carbonyl (C=O) groups is 2. The number of hydrogen-bond donors (Lipinski definition) is 0. The van der Waals surface area contributed by atoms with Crippen molar-refractivity contribution >= 4 is 11.8 Å². The molecule has 0 aliphatic carbocycles. The zero-order valence-electron chi connectivity index (χ0n) is 8.05. The number of allylic oxidation sites excluding steroid dienone is 1. The molecule has 0 amide bonds. The maximum absolute atomic E-state index is 11.8. The normalized spacial score (nSPS) is 12.2. The highest BCUT2D eigenvalue weighted by Crippen LogP contribution is 2.18. The van der Waals surface area contributed by atoms with Crippen LogP contribution in [0.5, 0.6) is 0 Å². The van der Waals surface area contributed by atoms with Gasteiger partial charge in [0.1, 0.15) is 0 Å². The standard InChI is InChI=1S/C8H9F3O4/c1-14-5(7(13)15-2)3-4-6(12)8(9,10)11/h3H,4H2,1-2H3/b5-3-. The van der Waals surface area contributed by atoms with Crippen LogP contribution in [0.4, 0.5) is 13.2 Å². The van der Waals surface area contributed by atoms with Crippen LogP contribution in [-0.4, -0.2) is 32.1 Å². The maximum atomic E-state index is 11.8. The summed E-state index contributed by atoms with van der Waals surface area (Å²) in [6.45, 7) is 0. The van der Waals surface area contributed by atoms with Gasteiger partial charge in [-0.25, -0.2) is 4.79 Å². The number of rotatable bonds is 4. The molecule has 0 saturated heterocycles. The fourth-order valence-electron chi connectivity index (χ4n) is 0.652. The van der Waals surface area contributed by atoms with Crippen LogP contribution in [0.2, 0.25) is 0 Å². The van der Waals surface area contributed by atoms with Crippen LogP contribution < -0.4 is 0 Å². The minimum atomic E-state index is -4.91. The van der Waals surface area contributed by atoms with Gasteiger partial charge in [0.25, 0.3) is 0 Å². The minimum Gasteiger partial charge on any atom is -0.490 e. The third-order valence-electron chi connectivity index (χ3n) is 1.40. The van der Waals surface area contributed by atoms with Crippen molar-refractivity contribution in [2.75, 3.05) is 14.2 Å². The lowest BCUT2D eigenvalue weighted by Crippen LogP contribution is -2.22. The van der Waals surface area contributed by atoms with E-state index in [1.165, 1.54) is 0 Å². The highest BCUT2D eigenvalue weighted by atomic mass is 19.4. The molecule has 0 heterocycles. The Bertz CT molecular complexity index is 280. The Morgan fingerprint density at radius 2 is 1.73 bits per heavy atom. The summed E-state index contributed by atoms with van der Waals surface area (Å²) in [6, 6.07) is 0. The molecular formula is C8H9F3O4. The van der Waals surface area contributed by atoms with Gasteiger partial charge in [-0.2, -0.15) is 13.2 Å². The van der Waals surface area contributed by atoms with Crippen molar-refractivity contribution in [2.24, 2.45) is 0 Å². The molecule has 0 saturated carbocycles. The zero-order valence-corrected chi connectivity index (χ0v) is 8.05. The van der Waals surface area contributed by atoms with E-state index < -0.39 is 30.1 Å². The molecule has 0 fully saturated rings. The Balaban J connectivity index is 4.49. The lowest BCUT2D eigenvalue weighted by Gasteiger charge is -2.04. The van der Waals surface area contributed by atoms with E-state index in [2.05, 4.69) is 9.47 Å². The van der Waals surface area contributed by atoms with Crippen LogP contribution in [0.3, 0.4) is 0 Å². The molecule has 0 aromatic rings. The molecule has 7 heteroatoms. The van der Waals surface area contributed by atoms with E-state index >= 15 is 0 Å². The van der Waals surface area contributed by atoms with Crippen LogP contribution in [0.25, 0.3) is 0 Å². The van der Waals surface area contributed by atoms with Gasteiger partial charge >= 0.3 is 12.1 Å². The summed E-state index contributed by atoms with van der Waals surface area (Å²) in [5.41, 5.74) is 0. The average molecular weight is 226 g/mol. The second-order valence-electron chi connectivity index (χ2n) is 2.39. The van der Waals surface area contributed by atoms with Gasteiger partial charge in [0.05, 0.1) is 14.2 Å². The van der Waals surface area contributed by atoms with Crippen molar-refractivity contribution in [3.05, 3.63) is 11.8 Å². The summed E-state index contributed by atoms with van der Waals surface area (Å²) in [6.07, 6.45) is -5.14. The van der Waals surface area contributed by atoms with E-state index in [0.29, 0.717) is 0 Å². The lowest BCUT2D eigenvalue weighted by molar-refractivity contribution is -0.170. The summed E-state index contributed by atoms with van der Waals surface area (Å²) < 4.78 is 43.9. The molecular weight excluding hydrogens is 217 g/mol. The molecule has 86 valence electrons. The Kier molecular flexibility index (Phi) is 4.83. The van der Waals surface area contributed by atoms with Crippen molar-refractivity contribution in [3.8, 4) is 0 Å². The number of Topliss-reactive ketones (excluding diaryl/α,β-unsaturated/α-hetero) is 1. The SMILES string of the molecule is COC(=O)/C(=C/CC(=O)C(F)(F)F)OC. The van der Waals surface area contributed by atoms with E-state index in [1.54, 1.807) is 0 Å². The van der Waals surface area contributed by atoms with Crippen molar-refractivity contribution in [1.82, 2.24) is 0 Å². The van der Waals surface area contributed by atoms with Crippen molar-refractivity contribution in [3.63, 3.8) is 0 Å². The maximum Gasteiger partial charge on any atom is 0.450 e. The molecule has 0 atom stereocenters. The monoisotopic (exact) mass is 226 g/mol. The number of alkyl halides is 3. The fourth-order valence-corrected chi connectivity index (χ4v) is 0.652. The molecule has 0 spiro atoms. The Morgan fingerprint density at radius 1 is 1.20 bits per heavy atom. The average Bonchev–Trinajstić information content (AvgIpc) is 2.16. The lowest BCUT2D eigenvalue weighted by atomic mass is 10.2. The van der Waals surface area contributed by atoms with E-state index in [4.69, 9.17) is 0 Å². The predicted molar refractivity (Wildman–Crippen MR) is 42.8 cm³/mol. The number of ether oxygens (including phenoxy) is 2. The Labute approximate surface area is 83.7 Å². The molecule has 0 N–H and O–H groups in total. The van der Waals surface area contributed by atoms with Gasteiger partial charge < -0.3 is 9.47 Å². The third-order valence-corrected chi connectivity index (χ3v) is 1.40. The first-order chi connectivity index (χ1) is 6.82. The van der Waals surface area contributed by atoms with Crippen LogP contribution in [0, 0.1) is 0 Å². The van der Waals surface area contributed by atoms with Crippen LogP contribution >= 0.6 is 0 Å². The molecule has 0 rings (SSSR count). The topological polar surface area (TPSA) is 52.6 Å². The van der Waals surface area contributed by atoms with E-state index in [-0.39, 0.29) is 0 Å². The highest BCUT2D eigenvalue weighted by Gasteiger charge is 2.37. The van der Waals surface area contributed by atoms with Gasteiger partial charge in [-0.3, -0.25) is 4.79 Å². The summed E-state index contributed by atoms with van der Waals surface area (Å²) in [4.78, 5) is 21.2. The second kappa shape index (κ2) is 5.38. The molecule has 0 aromatic carbocycles. The summed E-state index contributed by atoms with van der Waals surface area (Å²) in [5, 5.41) is 0. The summed E-state index contributed by atoms with van der Waals surface area (Å²) >= 11 is 0. The van der Waals surface area contributed by atoms with E-state index in [9.17, 15) is 22.8 Å². The number of hydrogen-bond acceptors (Lipinski definition) is 4. The molecule has 0 unspecified atom stereocenters. The van der Waals surface area contributed by atoms with E-state index in [1.807, 2.05) is 0 Å². The fraction of sp³-hybridized carbons (Fsp3) is 0.500. The minimum absolute atomic E-state index is 0.435. The Hall–Kier alpha value is -1.53. The van der Waals surface area contributed by atoms with Crippen LogP contribution in [0.15, 0.2) is 11.8 Å². The molecule has 0 aliphatic rings. The van der Waals surface area contributed by atoms with E-state index in [0.717, 1.165) is 20.3 Å². The largest absolute Gasteiger partial charge is 0.490 e. The van der Waals surface area contributed by atoms with Crippen molar-refractivity contribution < 1.29 is 32.2 Å². The van der Waals surface area contributed by atoms with Gasteiger partial charge in [0, 0.05) is 6.42 Å². The second-order valence-corrected chi connectivity index (χ2v) is 2.39. The number of esters is 1. The molecule has 0 aliphatic heterocycles. The highest BCUT2D eigenvalue weighted by molar-refractivity contribution is 5.89.